The van der Waals surface area contributed by atoms with Crippen LogP contribution in [-0.2, 0) is 0 Å². The second-order valence-corrected chi connectivity index (χ2v) is 4.11. The molecule has 0 saturated heterocycles. The Kier molecular flexibility index (Phi) is 2.74. The zero-order chi connectivity index (χ0) is 10.8. The maximum atomic E-state index is 10.9. The smallest absolute Gasteiger partial charge is 0.150 e. The van der Waals surface area contributed by atoms with Crippen molar-refractivity contribution in [3.63, 3.8) is 0 Å². The number of rotatable bonds is 2. The highest BCUT2D eigenvalue weighted by Crippen LogP contribution is 2.29. The van der Waals surface area contributed by atoms with Crippen LogP contribution in [0.5, 0.6) is 0 Å². The third kappa shape index (κ3) is 2.02. The fourth-order valence-corrected chi connectivity index (χ4v) is 1.96. The first-order chi connectivity index (χ1) is 7.20. The van der Waals surface area contributed by atoms with Gasteiger partial charge in [0.1, 0.15) is 0 Å². The van der Waals surface area contributed by atoms with Crippen LogP contribution in [0.2, 0.25) is 5.02 Å². The van der Waals surface area contributed by atoms with E-state index < -0.39 is 0 Å². The van der Waals surface area contributed by atoms with Gasteiger partial charge < -0.3 is 0 Å². The Hall–Kier alpha value is -1.34. The predicted octanol–water partition coefficient (Wildman–Crippen LogP) is 3.89. The number of hydrogen-bond donors (Lipinski definition) is 0. The molecular weight excluding hydrogens is 208 g/mol. The van der Waals surface area contributed by atoms with E-state index in [4.69, 9.17) is 11.6 Å². The van der Waals surface area contributed by atoms with Crippen molar-refractivity contribution in [1.82, 2.24) is 0 Å². The van der Waals surface area contributed by atoms with Crippen molar-refractivity contribution in [2.24, 2.45) is 0 Å². The summed E-state index contributed by atoms with van der Waals surface area (Å²) in [5.74, 6) is 0. The normalized spacial score (nSPS) is 14.8. The molecule has 1 aliphatic carbocycles. The van der Waals surface area contributed by atoms with Gasteiger partial charge >= 0.3 is 0 Å². The Morgan fingerprint density at radius 2 is 2.20 bits per heavy atom. The molecule has 0 saturated carbocycles. The first-order valence-corrected chi connectivity index (χ1v) is 5.21. The van der Waals surface area contributed by atoms with Crippen LogP contribution < -0.4 is 0 Å². The molecule has 0 aromatic heterocycles. The van der Waals surface area contributed by atoms with Gasteiger partial charge in [-0.1, -0.05) is 35.4 Å². The molecule has 15 heavy (non-hydrogen) atoms. The molecule has 76 valence electrons. The third-order valence-electron chi connectivity index (χ3n) is 2.53. The van der Waals surface area contributed by atoms with Crippen LogP contribution in [0.15, 0.2) is 35.9 Å². The summed E-state index contributed by atoms with van der Waals surface area (Å²) >= 11 is 5.84. The number of aldehydes is 1. The molecule has 0 radical (unpaired) electrons. The maximum Gasteiger partial charge on any atom is 0.150 e. The fourth-order valence-electron chi connectivity index (χ4n) is 1.77. The minimum Gasteiger partial charge on any atom is -0.298 e. The summed E-state index contributed by atoms with van der Waals surface area (Å²) in [6.07, 6.45) is 6.01. The average molecular weight is 219 g/mol. The van der Waals surface area contributed by atoms with E-state index in [0.717, 1.165) is 18.3 Å². The minimum absolute atomic E-state index is 0.601. The lowest BCUT2D eigenvalue weighted by atomic mass is 10.00. The molecule has 1 aromatic carbocycles. The van der Waals surface area contributed by atoms with Crippen molar-refractivity contribution in [3.8, 4) is 0 Å². The summed E-state index contributed by atoms with van der Waals surface area (Å²) < 4.78 is 0. The van der Waals surface area contributed by atoms with Gasteiger partial charge in [-0.2, -0.15) is 0 Å². The van der Waals surface area contributed by atoms with E-state index in [2.05, 4.69) is 19.1 Å². The zero-order valence-corrected chi connectivity index (χ0v) is 9.21. The molecular formula is C13H11ClO. The lowest BCUT2D eigenvalue weighted by molar-refractivity contribution is 0.112. The monoisotopic (exact) mass is 218 g/mol. The van der Waals surface area contributed by atoms with Crippen molar-refractivity contribution >= 4 is 23.5 Å². The Morgan fingerprint density at radius 3 is 2.80 bits per heavy atom. The molecule has 0 bridgehead atoms. The van der Waals surface area contributed by atoms with E-state index in [1.807, 2.05) is 12.1 Å². The molecule has 0 unspecified atom stereocenters. The van der Waals surface area contributed by atoms with Crippen molar-refractivity contribution < 1.29 is 4.79 Å². The highest BCUT2D eigenvalue weighted by molar-refractivity contribution is 6.30. The van der Waals surface area contributed by atoms with Crippen molar-refractivity contribution in [2.75, 3.05) is 0 Å². The number of hydrogen-bond acceptors (Lipinski definition) is 1. The second kappa shape index (κ2) is 4.03. The molecule has 0 N–H and O–H groups in total. The van der Waals surface area contributed by atoms with E-state index in [1.54, 1.807) is 6.07 Å². The Morgan fingerprint density at radius 1 is 1.40 bits per heavy atom. The molecule has 1 aromatic rings. The quantitative estimate of drug-likeness (QED) is 0.689. The van der Waals surface area contributed by atoms with E-state index in [0.29, 0.717) is 10.6 Å². The van der Waals surface area contributed by atoms with Crippen LogP contribution >= 0.6 is 11.6 Å². The summed E-state index contributed by atoms with van der Waals surface area (Å²) in [5, 5.41) is 0.601. The van der Waals surface area contributed by atoms with Gasteiger partial charge in [-0.25, -0.2) is 0 Å². The molecule has 0 heterocycles. The summed E-state index contributed by atoms with van der Waals surface area (Å²) in [6, 6.07) is 5.43. The van der Waals surface area contributed by atoms with Crippen LogP contribution in [0.3, 0.4) is 0 Å². The molecule has 0 amide bonds. The van der Waals surface area contributed by atoms with Gasteiger partial charge in [-0.15, -0.1) is 0 Å². The van der Waals surface area contributed by atoms with E-state index in [1.165, 1.54) is 11.1 Å². The molecule has 0 aliphatic heterocycles. The molecule has 1 aliphatic rings. The maximum absolute atomic E-state index is 10.9. The summed E-state index contributed by atoms with van der Waals surface area (Å²) in [7, 11) is 0. The molecule has 2 heteroatoms. The lowest BCUT2D eigenvalue weighted by Crippen LogP contribution is -1.90. The van der Waals surface area contributed by atoms with Crippen LogP contribution in [-0.4, -0.2) is 6.29 Å². The molecule has 2 rings (SSSR count). The van der Waals surface area contributed by atoms with Crippen LogP contribution in [0.4, 0.5) is 0 Å². The topological polar surface area (TPSA) is 17.1 Å². The highest BCUT2D eigenvalue weighted by atomic mass is 35.5. The SMILES string of the molecule is CC1=CCC(c2ccc(Cl)cc2C=O)=C1. The van der Waals surface area contributed by atoms with Gasteiger partial charge in [0.2, 0.25) is 0 Å². The average Bonchev–Trinajstić information content (AvgIpc) is 2.64. The van der Waals surface area contributed by atoms with Gasteiger partial charge in [0.05, 0.1) is 0 Å². The van der Waals surface area contributed by atoms with Gasteiger partial charge in [0.25, 0.3) is 0 Å². The molecule has 0 fully saturated rings. The van der Waals surface area contributed by atoms with E-state index >= 15 is 0 Å². The number of benzene rings is 1. The third-order valence-corrected chi connectivity index (χ3v) is 2.77. The van der Waals surface area contributed by atoms with Crippen LogP contribution in [0.25, 0.3) is 5.57 Å². The largest absolute Gasteiger partial charge is 0.298 e. The summed E-state index contributed by atoms with van der Waals surface area (Å²) in [6.45, 7) is 2.06. The van der Waals surface area contributed by atoms with Gasteiger partial charge in [0.15, 0.2) is 6.29 Å². The number of carbonyl (C=O) groups is 1. The van der Waals surface area contributed by atoms with Crippen molar-refractivity contribution in [1.29, 1.82) is 0 Å². The first-order valence-electron chi connectivity index (χ1n) is 4.83. The lowest BCUT2D eigenvalue weighted by Gasteiger charge is -2.05. The number of allylic oxidation sites excluding steroid dienone is 4. The van der Waals surface area contributed by atoms with Crippen molar-refractivity contribution in [2.45, 2.75) is 13.3 Å². The van der Waals surface area contributed by atoms with E-state index in [-0.39, 0.29) is 0 Å². The highest BCUT2D eigenvalue weighted by Gasteiger charge is 2.10. The Balaban J connectivity index is 2.45. The van der Waals surface area contributed by atoms with Crippen molar-refractivity contribution in [3.05, 3.63) is 52.1 Å². The van der Waals surface area contributed by atoms with E-state index in [9.17, 15) is 4.79 Å². The molecule has 0 atom stereocenters. The summed E-state index contributed by atoms with van der Waals surface area (Å²) in [5.41, 5.74) is 4.09. The fraction of sp³-hybridized carbons (Fsp3) is 0.154. The summed E-state index contributed by atoms with van der Waals surface area (Å²) in [4.78, 5) is 10.9. The standard InChI is InChI=1S/C13H11ClO/c1-9-2-3-10(6-9)13-5-4-12(14)7-11(13)8-15/h2,4-8H,3H2,1H3. The zero-order valence-electron chi connectivity index (χ0n) is 8.46. The number of halogens is 1. The Labute approximate surface area is 94.1 Å². The second-order valence-electron chi connectivity index (χ2n) is 3.67. The van der Waals surface area contributed by atoms with Crippen LogP contribution in [0, 0.1) is 0 Å². The predicted molar refractivity (Wildman–Crippen MR) is 63.2 cm³/mol. The molecule has 1 nitrogen and oxygen atoms in total. The number of carbonyl (C=O) groups excluding carboxylic acids is 1. The van der Waals surface area contributed by atoms with Crippen LogP contribution in [0.1, 0.15) is 29.3 Å². The first kappa shape index (κ1) is 10.2. The van der Waals surface area contributed by atoms with Gasteiger partial charge in [-0.05, 0) is 36.6 Å². The molecule has 0 spiro atoms. The van der Waals surface area contributed by atoms with Gasteiger partial charge in [-0.3, -0.25) is 4.79 Å². The minimum atomic E-state index is 0.601. The van der Waals surface area contributed by atoms with Gasteiger partial charge in [0, 0.05) is 10.6 Å². The Bertz CT molecular complexity index is 469.